The number of aryl methyl sites for hydroxylation is 1. The fraction of sp³-hybridized carbons (Fsp3) is 0.143. The molecule has 0 fully saturated rings. The van der Waals surface area contributed by atoms with Crippen molar-refractivity contribution in [1.29, 1.82) is 0 Å². The van der Waals surface area contributed by atoms with Gasteiger partial charge in [-0.3, -0.25) is 0 Å². The summed E-state index contributed by atoms with van der Waals surface area (Å²) in [6.07, 6.45) is 0. The van der Waals surface area contributed by atoms with Crippen LogP contribution in [0.25, 0.3) is 0 Å². The smallest absolute Gasteiger partial charge is 0.213 e. The number of nitrogens with one attached hydrogen (secondary N) is 1. The van der Waals surface area contributed by atoms with E-state index in [-0.39, 0.29) is 4.90 Å². The Kier molecular flexibility index (Phi) is 3.80. The maximum atomic E-state index is 11.3. The molecule has 1 aromatic rings. The second kappa shape index (κ2) is 4.71. The summed E-state index contributed by atoms with van der Waals surface area (Å²) in [6.45, 7) is 1.80. The summed E-state index contributed by atoms with van der Waals surface area (Å²) >= 11 is 0. The number of thiol groups is 1. The van der Waals surface area contributed by atoms with Gasteiger partial charge < -0.3 is 0 Å². The van der Waals surface area contributed by atoms with Crippen LogP contribution >= 0.6 is 0 Å². The van der Waals surface area contributed by atoms with E-state index in [9.17, 15) is 16.8 Å². The minimum Gasteiger partial charge on any atom is -0.213 e. The molecule has 0 aliphatic carbocycles. The van der Waals surface area contributed by atoms with Crippen molar-refractivity contribution < 1.29 is 21.1 Å². The van der Waals surface area contributed by atoms with E-state index in [0.717, 1.165) is 5.56 Å². The van der Waals surface area contributed by atoms with Crippen LogP contribution in [0.1, 0.15) is 5.56 Å². The maximum Gasteiger partial charge on any atom is 0.313 e. The molecule has 0 aliphatic rings. The Morgan fingerprint density at radius 1 is 1.20 bits per heavy atom. The van der Waals surface area contributed by atoms with Gasteiger partial charge in [-0.15, -0.1) is 0 Å². The number of benzene rings is 1. The van der Waals surface area contributed by atoms with Gasteiger partial charge in [0, 0.05) is 0 Å². The molecule has 84 valence electrons. The molecule has 0 saturated heterocycles. The Hall–Kier alpha value is -0.960. The van der Waals surface area contributed by atoms with Gasteiger partial charge in [0.05, 0.1) is 4.90 Å². The minimum absolute atomic E-state index is 0.113. The average Bonchev–Trinajstić information content (AvgIpc) is 2.16. The van der Waals surface area contributed by atoms with Gasteiger partial charge in [0.15, 0.2) is 0 Å². The first-order chi connectivity index (χ1) is 6.92. The predicted molar refractivity (Wildman–Crippen MR) is 52.9 cm³/mol. The van der Waals surface area contributed by atoms with Crippen LogP contribution in [-0.4, -0.2) is 16.8 Å². The molecule has 0 amide bonds. The molecule has 6 nitrogen and oxygen atoms in total. The van der Waals surface area contributed by atoms with Crippen molar-refractivity contribution in [2.75, 3.05) is 0 Å². The molecular weight excluding hydrogens is 242 g/mol. The fourth-order valence-corrected chi connectivity index (χ4v) is 2.03. The molecule has 0 heterocycles. The Morgan fingerprint density at radius 3 is 2.20 bits per heavy atom. The monoisotopic (exact) mass is 251 g/mol. The van der Waals surface area contributed by atoms with Crippen molar-refractivity contribution in [3.63, 3.8) is 0 Å². The Balaban J connectivity index is 2.91. The van der Waals surface area contributed by atoms with E-state index in [0.29, 0.717) is 0 Å². The maximum absolute atomic E-state index is 11.3. The number of hydrogen-bond donors (Lipinski definition) is 2. The summed E-state index contributed by atoms with van der Waals surface area (Å²) in [5.41, 5.74) is 0.886. The van der Waals surface area contributed by atoms with E-state index in [1.807, 2.05) is 0 Å². The lowest BCUT2D eigenvalue weighted by Crippen LogP contribution is -2.18. The van der Waals surface area contributed by atoms with Crippen LogP contribution in [0.3, 0.4) is 0 Å². The lowest BCUT2D eigenvalue weighted by Gasteiger charge is -2.02. The lowest BCUT2D eigenvalue weighted by molar-refractivity contribution is 0.278. The molecule has 8 heteroatoms. The fourth-order valence-electron chi connectivity index (χ4n) is 0.833. The predicted octanol–water partition coefficient (Wildman–Crippen LogP) is -0.269. The van der Waals surface area contributed by atoms with Gasteiger partial charge in [-0.2, -0.15) is 12.7 Å². The van der Waals surface area contributed by atoms with Crippen molar-refractivity contribution in [3.05, 3.63) is 29.8 Å². The molecular formula is C7H9NO5S2. The molecule has 0 aromatic heterocycles. The molecule has 1 aromatic carbocycles. The normalized spacial score (nSPS) is 11.9. The summed E-state index contributed by atoms with van der Waals surface area (Å²) in [5.74, 6) is 0. The van der Waals surface area contributed by atoms with Crippen LogP contribution in [0.2, 0.25) is 0 Å². The molecule has 15 heavy (non-hydrogen) atoms. The Labute approximate surface area is 89.0 Å². The third kappa shape index (κ3) is 3.59. The largest absolute Gasteiger partial charge is 0.313 e. The highest BCUT2D eigenvalue weighted by Gasteiger charge is 2.15. The first-order valence-corrected chi connectivity index (χ1v) is 6.40. The summed E-state index contributed by atoms with van der Waals surface area (Å²) in [6, 6.07) is 5.80. The highest BCUT2D eigenvalue weighted by molar-refractivity contribution is 7.87. The first kappa shape index (κ1) is 12.1. The van der Waals surface area contributed by atoms with Crippen molar-refractivity contribution in [3.8, 4) is 0 Å². The topological polar surface area (TPSA) is 89.5 Å². The Bertz CT molecular complexity index is 495. The molecule has 1 N–H and O–H groups in total. The third-order valence-electron chi connectivity index (χ3n) is 1.53. The van der Waals surface area contributed by atoms with Crippen LogP contribution in [0.15, 0.2) is 29.2 Å². The lowest BCUT2D eigenvalue weighted by atomic mass is 10.2. The van der Waals surface area contributed by atoms with E-state index in [1.54, 1.807) is 19.1 Å². The molecule has 0 bridgehead atoms. The summed E-state index contributed by atoms with van der Waals surface area (Å²) in [7, 11) is -7.18. The van der Waals surface area contributed by atoms with Gasteiger partial charge >= 0.3 is 10.1 Å². The van der Waals surface area contributed by atoms with Crippen LogP contribution in [0.5, 0.6) is 0 Å². The van der Waals surface area contributed by atoms with Gasteiger partial charge in [0.2, 0.25) is 10.9 Å². The second-order valence-corrected chi connectivity index (χ2v) is 4.94. The van der Waals surface area contributed by atoms with Gasteiger partial charge in [-0.1, -0.05) is 22.6 Å². The highest BCUT2D eigenvalue weighted by atomic mass is 32.2. The standard InChI is InChI=1S/C7H9NO5S2/c1-6-2-4-7(5-3-6)15(11,12)13-8-14(9)10/h2-5,14H,1H3,(H,8,9,10). The molecule has 0 atom stereocenters. The zero-order valence-electron chi connectivity index (χ0n) is 7.71. The molecule has 0 spiro atoms. The average molecular weight is 251 g/mol. The second-order valence-electron chi connectivity index (χ2n) is 2.70. The first-order valence-electron chi connectivity index (χ1n) is 3.82. The van der Waals surface area contributed by atoms with Gasteiger partial charge in [-0.05, 0) is 19.1 Å². The summed E-state index contributed by atoms with van der Waals surface area (Å²) in [4.78, 5) is 1.25. The molecule has 0 unspecified atom stereocenters. The van der Waals surface area contributed by atoms with Crippen molar-refractivity contribution in [2.45, 2.75) is 11.8 Å². The van der Waals surface area contributed by atoms with E-state index >= 15 is 0 Å². The summed E-state index contributed by atoms with van der Waals surface area (Å²) < 4.78 is 46.8. The number of rotatable bonds is 4. The molecule has 1 rings (SSSR count). The SMILES string of the molecule is Cc1ccc(S(=O)(=O)ON[SH](=O)=O)cc1. The van der Waals surface area contributed by atoms with Gasteiger partial charge in [0.25, 0.3) is 0 Å². The van der Waals surface area contributed by atoms with Gasteiger partial charge in [0.1, 0.15) is 0 Å². The number of hydrogen-bond acceptors (Lipinski definition) is 5. The van der Waals surface area contributed by atoms with Crippen LogP contribution in [0, 0.1) is 6.92 Å². The van der Waals surface area contributed by atoms with E-state index in [1.165, 1.54) is 17.0 Å². The van der Waals surface area contributed by atoms with Gasteiger partial charge in [-0.25, -0.2) is 8.42 Å². The van der Waals surface area contributed by atoms with E-state index in [2.05, 4.69) is 4.28 Å². The molecule has 0 saturated carbocycles. The quantitative estimate of drug-likeness (QED) is 0.568. The molecule has 0 aliphatic heterocycles. The van der Waals surface area contributed by atoms with Crippen molar-refractivity contribution in [1.82, 2.24) is 4.89 Å². The summed E-state index contributed by atoms with van der Waals surface area (Å²) in [5, 5.41) is 0. The Morgan fingerprint density at radius 2 is 1.73 bits per heavy atom. The van der Waals surface area contributed by atoms with Crippen LogP contribution < -0.4 is 4.89 Å². The molecule has 0 radical (unpaired) electrons. The zero-order valence-corrected chi connectivity index (χ0v) is 9.42. The highest BCUT2D eigenvalue weighted by Crippen LogP contribution is 2.11. The van der Waals surface area contributed by atoms with E-state index in [4.69, 9.17) is 0 Å². The van der Waals surface area contributed by atoms with Crippen LogP contribution in [0.4, 0.5) is 0 Å². The third-order valence-corrected chi connectivity index (χ3v) is 3.05. The minimum atomic E-state index is -4.07. The van der Waals surface area contributed by atoms with Crippen molar-refractivity contribution in [2.24, 2.45) is 0 Å². The van der Waals surface area contributed by atoms with Crippen molar-refractivity contribution >= 4 is 21.0 Å². The zero-order chi connectivity index (χ0) is 11.5. The van der Waals surface area contributed by atoms with E-state index < -0.39 is 21.0 Å². The van der Waals surface area contributed by atoms with Crippen LogP contribution in [-0.2, 0) is 25.3 Å².